The van der Waals surface area contributed by atoms with E-state index in [9.17, 15) is 19.7 Å². The number of nitro groups is 1. The van der Waals surface area contributed by atoms with E-state index in [1.165, 1.54) is 35.2 Å². The quantitative estimate of drug-likeness (QED) is 0.386. The molecule has 2 amide bonds. The number of piperidine rings is 1. The molecule has 0 spiro atoms. The van der Waals surface area contributed by atoms with Crippen molar-refractivity contribution in [2.75, 3.05) is 24.6 Å². The predicted octanol–water partition coefficient (Wildman–Crippen LogP) is 2.66. The van der Waals surface area contributed by atoms with E-state index in [0.29, 0.717) is 20.9 Å². The number of carbonyl (C=O) groups is 2. The lowest BCUT2D eigenvalue weighted by Crippen LogP contribution is -2.39. The van der Waals surface area contributed by atoms with Crippen LogP contribution in [0.5, 0.6) is 0 Å². The molecule has 2 aromatic rings. The number of hydrogen-bond acceptors (Lipinski definition) is 6. The van der Waals surface area contributed by atoms with Crippen molar-refractivity contribution in [3.8, 4) is 12.3 Å². The molecule has 8 nitrogen and oxygen atoms in total. The number of thiazole rings is 1. The molecule has 0 atom stereocenters. The van der Waals surface area contributed by atoms with Crippen molar-refractivity contribution < 1.29 is 14.5 Å². The molecule has 0 saturated carbocycles. The Balaban J connectivity index is 1.68. The monoisotopic (exact) mass is 446 g/mol. The van der Waals surface area contributed by atoms with Crippen molar-refractivity contribution in [3.05, 3.63) is 33.1 Å². The molecule has 0 aliphatic carbocycles. The maximum atomic E-state index is 12.3. The lowest BCUT2D eigenvalue weighted by atomic mass is 9.99. The average molecular weight is 447 g/mol. The summed E-state index contributed by atoms with van der Waals surface area (Å²) >= 11 is 2.42. The Morgan fingerprint density at radius 1 is 1.37 bits per heavy atom. The van der Waals surface area contributed by atoms with Gasteiger partial charge in [-0.3, -0.25) is 19.7 Å². The Morgan fingerprint density at radius 3 is 2.77 bits per heavy atom. The Kier molecular flexibility index (Phi) is 7.29. The number of amides is 2. The molecule has 0 unspecified atom stereocenters. The molecule has 1 aliphatic heterocycles. The van der Waals surface area contributed by atoms with Crippen LogP contribution in [0.1, 0.15) is 19.8 Å². The zero-order valence-electron chi connectivity index (χ0n) is 16.6. The van der Waals surface area contributed by atoms with Crippen molar-refractivity contribution in [2.24, 2.45) is 10.9 Å². The first kappa shape index (κ1) is 22.1. The van der Waals surface area contributed by atoms with Gasteiger partial charge < -0.3 is 9.47 Å². The van der Waals surface area contributed by atoms with E-state index >= 15 is 0 Å². The topological polar surface area (TPSA) is 97.8 Å². The maximum absolute atomic E-state index is 12.3. The SMILES string of the molecule is C#CCn1c(=NC(=O)CSCC(=O)N2CCC(C)CC2)sc2cc([N+](=O)[O-])ccc21. The molecule has 1 fully saturated rings. The summed E-state index contributed by atoms with van der Waals surface area (Å²) in [6, 6.07) is 4.46. The summed E-state index contributed by atoms with van der Waals surface area (Å²) in [7, 11) is 0. The molecule has 1 saturated heterocycles. The van der Waals surface area contributed by atoms with Crippen molar-refractivity contribution in [1.29, 1.82) is 0 Å². The van der Waals surface area contributed by atoms with Crippen molar-refractivity contribution in [2.45, 2.75) is 26.3 Å². The third-order valence-electron chi connectivity index (χ3n) is 4.93. The highest BCUT2D eigenvalue weighted by Gasteiger charge is 2.20. The minimum Gasteiger partial charge on any atom is -0.342 e. The largest absolute Gasteiger partial charge is 0.342 e. The molecular weight excluding hydrogens is 424 g/mol. The standard InChI is InChI=1S/C20H22N4O4S2/c1-3-8-23-16-5-4-15(24(27)28)11-17(16)30-20(23)21-18(25)12-29-13-19(26)22-9-6-14(2)7-10-22/h1,4-5,11,14H,6-10,12-13H2,2H3. The Bertz CT molecular complexity index is 1070. The second kappa shape index (κ2) is 9.91. The number of carbonyl (C=O) groups excluding carboxylic acids is 2. The van der Waals surface area contributed by atoms with Gasteiger partial charge in [-0.2, -0.15) is 4.99 Å². The molecule has 1 aliphatic rings. The number of likely N-dealkylation sites (tertiary alicyclic amines) is 1. The molecular formula is C20H22N4O4S2. The van der Waals surface area contributed by atoms with Gasteiger partial charge in [-0.25, -0.2) is 0 Å². The number of benzene rings is 1. The minimum absolute atomic E-state index is 0.0318. The van der Waals surface area contributed by atoms with Gasteiger partial charge in [-0.05, 0) is 24.8 Å². The summed E-state index contributed by atoms with van der Waals surface area (Å²) < 4.78 is 2.32. The van der Waals surface area contributed by atoms with Crippen LogP contribution < -0.4 is 4.80 Å². The molecule has 0 bridgehead atoms. The molecule has 3 rings (SSSR count). The van der Waals surface area contributed by atoms with Crippen LogP contribution in [0, 0.1) is 28.4 Å². The summed E-state index contributed by atoms with van der Waals surface area (Å²) in [5.74, 6) is 3.19. The number of nitrogens with zero attached hydrogens (tertiary/aromatic N) is 4. The molecule has 0 radical (unpaired) electrons. The van der Waals surface area contributed by atoms with Crippen LogP contribution in [-0.4, -0.2) is 50.8 Å². The van der Waals surface area contributed by atoms with Crippen LogP contribution >= 0.6 is 23.1 Å². The number of thioether (sulfide) groups is 1. The highest BCUT2D eigenvalue weighted by Crippen LogP contribution is 2.23. The summed E-state index contributed by atoms with van der Waals surface area (Å²) in [5, 5.41) is 11.0. The van der Waals surface area contributed by atoms with Crippen LogP contribution in [0.2, 0.25) is 0 Å². The number of terminal acetylenes is 1. The summed E-state index contributed by atoms with van der Waals surface area (Å²) in [4.78, 5) is 41.5. The van der Waals surface area contributed by atoms with Gasteiger partial charge in [0.2, 0.25) is 5.91 Å². The summed E-state index contributed by atoms with van der Waals surface area (Å²) in [6.45, 7) is 3.94. The van der Waals surface area contributed by atoms with Crippen molar-refractivity contribution in [3.63, 3.8) is 0 Å². The van der Waals surface area contributed by atoms with E-state index in [4.69, 9.17) is 6.42 Å². The molecule has 158 valence electrons. The van der Waals surface area contributed by atoms with E-state index in [0.717, 1.165) is 25.9 Å². The smallest absolute Gasteiger partial charge is 0.270 e. The van der Waals surface area contributed by atoms with E-state index in [-0.39, 0.29) is 35.6 Å². The Morgan fingerprint density at radius 2 is 2.10 bits per heavy atom. The van der Waals surface area contributed by atoms with Crippen LogP contribution in [0.15, 0.2) is 23.2 Å². The van der Waals surface area contributed by atoms with Gasteiger partial charge in [-0.1, -0.05) is 24.2 Å². The molecule has 10 heteroatoms. The Labute approximate surface area is 182 Å². The fourth-order valence-electron chi connectivity index (χ4n) is 3.22. The molecule has 30 heavy (non-hydrogen) atoms. The number of nitro benzene ring substituents is 1. The van der Waals surface area contributed by atoms with Crippen LogP contribution in [0.25, 0.3) is 10.2 Å². The average Bonchev–Trinajstić information content (AvgIpc) is 3.05. The van der Waals surface area contributed by atoms with Crippen LogP contribution in [0.3, 0.4) is 0 Å². The number of aromatic nitrogens is 1. The molecule has 0 N–H and O–H groups in total. The highest BCUT2D eigenvalue weighted by atomic mass is 32.2. The molecule has 1 aromatic carbocycles. The van der Waals surface area contributed by atoms with E-state index < -0.39 is 4.92 Å². The van der Waals surface area contributed by atoms with Crippen LogP contribution in [-0.2, 0) is 16.1 Å². The van der Waals surface area contributed by atoms with Gasteiger partial charge in [0, 0.05) is 25.2 Å². The fourth-order valence-corrected chi connectivity index (χ4v) is 5.00. The number of hydrogen-bond donors (Lipinski definition) is 0. The number of rotatable bonds is 6. The normalized spacial score (nSPS) is 15.3. The first-order chi connectivity index (χ1) is 14.4. The first-order valence-corrected chi connectivity index (χ1v) is 11.5. The maximum Gasteiger partial charge on any atom is 0.270 e. The summed E-state index contributed by atoms with van der Waals surface area (Å²) in [5.41, 5.74) is 0.660. The minimum atomic E-state index is -0.469. The van der Waals surface area contributed by atoms with Gasteiger partial charge in [0.05, 0.1) is 33.2 Å². The first-order valence-electron chi connectivity index (χ1n) is 9.53. The number of non-ortho nitro benzene ring substituents is 1. The molecule has 2 heterocycles. The predicted molar refractivity (Wildman–Crippen MR) is 118 cm³/mol. The van der Waals surface area contributed by atoms with Gasteiger partial charge in [0.1, 0.15) is 0 Å². The third-order valence-corrected chi connectivity index (χ3v) is 6.88. The van der Waals surface area contributed by atoms with E-state index in [2.05, 4.69) is 17.8 Å². The fraction of sp³-hybridized carbons (Fsp3) is 0.450. The second-order valence-electron chi connectivity index (χ2n) is 7.15. The highest BCUT2D eigenvalue weighted by molar-refractivity contribution is 8.00. The van der Waals surface area contributed by atoms with Gasteiger partial charge in [-0.15, -0.1) is 18.2 Å². The van der Waals surface area contributed by atoms with Crippen molar-refractivity contribution >= 4 is 50.8 Å². The van der Waals surface area contributed by atoms with Crippen molar-refractivity contribution in [1.82, 2.24) is 9.47 Å². The summed E-state index contributed by atoms with van der Waals surface area (Å²) in [6.07, 6.45) is 7.47. The molecule has 1 aromatic heterocycles. The Hall–Kier alpha value is -2.64. The lowest BCUT2D eigenvalue weighted by molar-refractivity contribution is -0.384. The third kappa shape index (κ3) is 5.29. The zero-order chi connectivity index (χ0) is 21.7. The second-order valence-corrected chi connectivity index (χ2v) is 9.14. The van der Waals surface area contributed by atoms with Crippen LogP contribution in [0.4, 0.5) is 5.69 Å². The van der Waals surface area contributed by atoms with Gasteiger partial charge in [0.15, 0.2) is 4.80 Å². The van der Waals surface area contributed by atoms with Gasteiger partial charge >= 0.3 is 0 Å². The zero-order valence-corrected chi connectivity index (χ0v) is 18.2. The lowest BCUT2D eigenvalue weighted by Gasteiger charge is -2.30. The number of fused-ring (bicyclic) bond motifs is 1. The van der Waals surface area contributed by atoms with Gasteiger partial charge in [0.25, 0.3) is 11.6 Å². The van der Waals surface area contributed by atoms with E-state index in [1.807, 2.05) is 4.90 Å². The van der Waals surface area contributed by atoms with E-state index in [1.54, 1.807) is 10.6 Å².